The first-order valence-electron chi connectivity index (χ1n) is 6.69. The third kappa shape index (κ3) is 2.72. The minimum atomic E-state index is 0.0846. The van der Waals surface area contributed by atoms with Crippen LogP contribution in [-0.4, -0.2) is 19.4 Å². The van der Waals surface area contributed by atoms with Gasteiger partial charge in [-0.15, -0.1) is 0 Å². The van der Waals surface area contributed by atoms with Gasteiger partial charge in [-0.05, 0) is 55.5 Å². The maximum atomic E-state index is 12.0. The van der Waals surface area contributed by atoms with Crippen molar-refractivity contribution in [2.45, 2.75) is 38.5 Å². The summed E-state index contributed by atoms with van der Waals surface area (Å²) < 4.78 is 5.36. The Hall–Kier alpha value is -1.35. The van der Waals surface area contributed by atoms with Gasteiger partial charge in [-0.25, -0.2) is 0 Å². The summed E-state index contributed by atoms with van der Waals surface area (Å²) in [6.07, 6.45) is 6.26. The molecule has 3 heteroatoms. The van der Waals surface area contributed by atoms with Gasteiger partial charge < -0.3 is 10.5 Å². The number of Topliss-reactive ketones (excluding diaryl/α,β-unsaturated/α-hetero) is 1. The van der Waals surface area contributed by atoms with Crippen LogP contribution in [0.4, 0.5) is 0 Å². The largest absolute Gasteiger partial charge is 0.496 e. The van der Waals surface area contributed by atoms with Crippen molar-refractivity contribution < 1.29 is 9.53 Å². The highest BCUT2D eigenvalue weighted by atomic mass is 16.5. The molecule has 0 unspecified atom stereocenters. The maximum Gasteiger partial charge on any atom is 0.167 e. The van der Waals surface area contributed by atoms with Gasteiger partial charge in [-0.1, -0.05) is 6.42 Å². The summed E-state index contributed by atoms with van der Waals surface area (Å²) in [4.78, 5) is 12.0. The van der Waals surface area contributed by atoms with Gasteiger partial charge in [-0.3, -0.25) is 4.79 Å². The lowest BCUT2D eigenvalue weighted by Crippen LogP contribution is -2.10. The third-order valence-electron chi connectivity index (χ3n) is 3.59. The first-order valence-corrected chi connectivity index (χ1v) is 6.69. The average Bonchev–Trinajstić information content (AvgIpc) is 2.61. The van der Waals surface area contributed by atoms with Crippen LogP contribution in [-0.2, 0) is 12.8 Å². The van der Waals surface area contributed by atoms with Crippen LogP contribution in [0.15, 0.2) is 12.1 Å². The minimum Gasteiger partial charge on any atom is -0.496 e. The van der Waals surface area contributed by atoms with Crippen LogP contribution >= 0.6 is 0 Å². The zero-order chi connectivity index (χ0) is 13.0. The van der Waals surface area contributed by atoms with Gasteiger partial charge in [0.15, 0.2) is 5.78 Å². The van der Waals surface area contributed by atoms with Crippen LogP contribution in [0.25, 0.3) is 0 Å². The second kappa shape index (κ2) is 6.01. The molecule has 1 aliphatic rings. The number of ketones is 1. The van der Waals surface area contributed by atoms with E-state index in [4.69, 9.17) is 10.5 Å². The first kappa shape index (κ1) is 13.1. The lowest BCUT2D eigenvalue weighted by atomic mass is 9.96. The molecular weight excluding hydrogens is 226 g/mol. The molecule has 2 rings (SSSR count). The topological polar surface area (TPSA) is 52.3 Å². The average molecular weight is 247 g/mol. The van der Waals surface area contributed by atoms with Gasteiger partial charge in [-0.2, -0.15) is 0 Å². The summed E-state index contributed by atoms with van der Waals surface area (Å²) in [6, 6.07) is 4.07. The van der Waals surface area contributed by atoms with E-state index < -0.39 is 0 Å². The summed E-state index contributed by atoms with van der Waals surface area (Å²) in [5.41, 5.74) is 8.81. The Labute approximate surface area is 108 Å². The molecule has 3 nitrogen and oxygen atoms in total. The van der Waals surface area contributed by atoms with Crippen molar-refractivity contribution >= 4 is 5.78 Å². The molecule has 0 aliphatic heterocycles. The van der Waals surface area contributed by atoms with E-state index in [0.717, 1.165) is 12.8 Å². The van der Waals surface area contributed by atoms with Gasteiger partial charge in [0, 0.05) is 6.42 Å². The standard InChI is InChI=1S/C15H21NO2/c1-18-15-10-12-6-4-2-3-5-11(12)9-13(15)14(17)7-8-16/h9-10H,2-8,16H2,1H3. The molecule has 0 saturated carbocycles. The number of aryl methyl sites for hydroxylation is 2. The predicted octanol–water partition coefficient (Wildman–Crippen LogP) is 2.50. The van der Waals surface area contributed by atoms with Crippen molar-refractivity contribution in [1.29, 1.82) is 0 Å². The number of methoxy groups -OCH3 is 1. The summed E-state index contributed by atoms with van der Waals surface area (Å²) in [7, 11) is 1.62. The highest BCUT2D eigenvalue weighted by molar-refractivity contribution is 5.99. The maximum absolute atomic E-state index is 12.0. The van der Waals surface area contributed by atoms with Crippen LogP contribution in [0, 0.1) is 0 Å². The molecule has 1 aromatic rings. The van der Waals surface area contributed by atoms with Crippen LogP contribution < -0.4 is 10.5 Å². The molecule has 0 aromatic heterocycles. The lowest BCUT2D eigenvalue weighted by Gasteiger charge is -2.13. The molecule has 2 N–H and O–H groups in total. The van der Waals surface area contributed by atoms with Gasteiger partial charge in [0.2, 0.25) is 0 Å². The van der Waals surface area contributed by atoms with Crippen molar-refractivity contribution in [2.24, 2.45) is 5.73 Å². The Kier molecular flexibility index (Phi) is 4.37. The lowest BCUT2D eigenvalue weighted by molar-refractivity contribution is 0.0982. The molecular formula is C15H21NO2. The summed E-state index contributed by atoms with van der Waals surface area (Å²) >= 11 is 0. The van der Waals surface area contributed by atoms with E-state index in [1.54, 1.807) is 7.11 Å². The molecule has 0 radical (unpaired) electrons. The fourth-order valence-corrected chi connectivity index (χ4v) is 2.59. The molecule has 0 spiro atoms. The van der Waals surface area contributed by atoms with Crippen LogP contribution in [0.3, 0.4) is 0 Å². The molecule has 1 aromatic carbocycles. The fraction of sp³-hybridized carbons (Fsp3) is 0.533. The summed E-state index contributed by atoms with van der Waals surface area (Å²) in [6.45, 7) is 0.388. The zero-order valence-corrected chi connectivity index (χ0v) is 11.0. The van der Waals surface area contributed by atoms with E-state index in [9.17, 15) is 4.79 Å². The van der Waals surface area contributed by atoms with E-state index in [1.807, 2.05) is 12.1 Å². The van der Waals surface area contributed by atoms with Crippen LogP contribution in [0.1, 0.15) is 47.2 Å². The van der Waals surface area contributed by atoms with E-state index in [1.165, 1.54) is 30.4 Å². The highest BCUT2D eigenvalue weighted by Crippen LogP contribution is 2.29. The number of nitrogens with two attached hydrogens (primary N) is 1. The molecule has 0 amide bonds. The molecule has 0 heterocycles. The predicted molar refractivity (Wildman–Crippen MR) is 72.3 cm³/mol. The molecule has 0 fully saturated rings. The molecule has 18 heavy (non-hydrogen) atoms. The monoisotopic (exact) mass is 247 g/mol. The Morgan fingerprint density at radius 2 is 1.89 bits per heavy atom. The fourth-order valence-electron chi connectivity index (χ4n) is 2.59. The second-order valence-electron chi connectivity index (χ2n) is 4.84. The van der Waals surface area contributed by atoms with Gasteiger partial charge >= 0.3 is 0 Å². The summed E-state index contributed by atoms with van der Waals surface area (Å²) in [5.74, 6) is 0.787. The van der Waals surface area contributed by atoms with Crippen molar-refractivity contribution in [3.8, 4) is 5.75 Å². The minimum absolute atomic E-state index is 0.0846. The van der Waals surface area contributed by atoms with Crippen molar-refractivity contribution in [3.05, 3.63) is 28.8 Å². The number of benzene rings is 1. The van der Waals surface area contributed by atoms with Gasteiger partial charge in [0.25, 0.3) is 0 Å². The quantitative estimate of drug-likeness (QED) is 0.657. The van der Waals surface area contributed by atoms with Crippen molar-refractivity contribution in [3.63, 3.8) is 0 Å². The zero-order valence-electron chi connectivity index (χ0n) is 11.0. The molecule has 1 aliphatic carbocycles. The van der Waals surface area contributed by atoms with E-state index in [2.05, 4.69) is 0 Å². The summed E-state index contributed by atoms with van der Waals surface area (Å²) in [5, 5.41) is 0. The normalized spacial score (nSPS) is 14.8. The van der Waals surface area contributed by atoms with Gasteiger partial charge in [0.1, 0.15) is 5.75 Å². The Morgan fingerprint density at radius 1 is 1.22 bits per heavy atom. The van der Waals surface area contributed by atoms with E-state index in [-0.39, 0.29) is 5.78 Å². The molecule has 0 atom stereocenters. The number of hydrogen-bond acceptors (Lipinski definition) is 3. The Bertz CT molecular complexity index is 440. The van der Waals surface area contributed by atoms with E-state index in [0.29, 0.717) is 24.3 Å². The molecule has 0 bridgehead atoms. The number of carbonyl (C=O) groups is 1. The number of carbonyl (C=O) groups excluding carboxylic acids is 1. The van der Waals surface area contributed by atoms with Crippen LogP contribution in [0.5, 0.6) is 5.75 Å². The Balaban J connectivity index is 2.39. The number of hydrogen-bond donors (Lipinski definition) is 1. The first-order chi connectivity index (χ1) is 8.76. The smallest absolute Gasteiger partial charge is 0.167 e. The van der Waals surface area contributed by atoms with Gasteiger partial charge in [0.05, 0.1) is 12.7 Å². The van der Waals surface area contributed by atoms with Crippen molar-refractivity contribution in [1.82, 2.24) is 0 Å². The third-order valence-corrected chi connectivity index (χ3v) is 3.59. The highest BCUT2D eigenvalue weighted by Gasteiger charge is 2.17. The van der Waals surface area contributed by atoms with E-state index >= 15 is 0 Å². The number of rotatable bonds is 4. The Morgan fingerprint density at radius 3 is 2.50 bits per heavy atom. The number of fused-ring (bicyclic) bond motifs is 1. The van der Waals surface area contributed by atoms with Crippen LogP contribution in [0.2, 0.25) is 0 Å². The number of ether oxygens (including phenoxy) is 1. The molecule has 98 valence electrons. The molecule has 0 saturated heterocycles. The second-order valence-corrected chi connectivity index (χ2v) is 4.84. The SMILES string of the molecule is COc1cc2c(cc1C(=O)CCN)CCCCC2. The van der Waals surface area contributed by atoms with Crippen molar-refractivity contribution in [2.75, 3.05) is 13.7 Å².